The lowest BCUT2D eigenvalue weighted by atomic mass is 9.96. The van der Waals surface area contributed by atoms with Gasteiger partial charge in [-0.15, -0.1) is 0 Å². The maximum atomic E-state index is 12.5. The number of aryl methyl sites for hydroxylation is 1. The Balaban J connectivity index is 1.79. The molecule has 0 aliphatic rings. The first kappa shape index (κ1) is 20.9. The van der Waals surface area contributed by atoms with Crippen molar-refractivity contribution >= 4 is 44.2 Å². The molecule has 2 aromatic heterocycles. The first-order chi connectivity index (χ1) is 15.0. The number of carbonyl (C=O) groups excluding carboxylic acids is 1. The number of anilines is 1. The number of nitrogens with zero attached hydrogens (tertiary/aromatic N) is 1. The van der Waals surface area contributed by atoms with Crippen molar-refractivity contribution in [2.75, 3.05) is 12.4 Å². The van der Waals surface area contributed by atoms with Gasteiger partial charge in [-0.3, -0.25) is 4.79 Å². The molecule has 5 nitrogen and oxygen atoms in total. The Kier molecular flexibility index (Phi) is 5.91. The second kappa shape index (κ2) is 8.78. The molecule has 0 radical (unpaired) electrons. The molecule has 1 N–H and O–H groups in total. The normalized spacial score (nSPS) is 11.5. The van der Waals surface area contributed by atoms with E-state index in [2.05, 4.69) is 26.2 Å². The van der Waals surface area contributed by atoms with Crippen molar-refractivity contribution in [3.63, 3.8) is 0 Å². The third-order valence-electron chi connectivity index (χ3n) is 5.07. The number of halogens is 1. The Morgan fingerprint density at radius 3 is 2.74 bits per heavy atom. The maximum absolute atomic E-state index is 12.5. The summed E-state index contributed by atoms with van der Waals surface area (Å²) >= 11 is 3.53. The molecule has 0 atom stereocenters. The maximum Gasteiger partial charge on any atom is 0.249 e. The lowest BCUT2D eigenvalue weighted by Gasteiger charge is -2.13. The van der Waals surface area contributed by atoms with Gasteiger partial charge in [0, 0.05) is 38.8 Å². The lowest BCUT2D eigenvalue weighted by Crippen LogP contribution is -2.09. The minimum absolute atomic E-state index is 0.254. The molecule has 0 bridgehead atoms. The van der Waals surface area contributed by atoms with E-state index in [0.29, 0.717) is 11.6 Å². The number of amides is 1. The Hall–Kier alpha value is -3.38. The molecule has 4 aromatic rings. The number of carbonyl (C=O) groups is 1. The van der Waals surface area contributed by atoms with Crippen LogP contribution >= 0.6 is 15.9 Å². The number of rotatable bonds is 5. The average Bonchev–Trinajstić information content (AvgIpc) is 3.18. The van der Waals surface area contributed by atoms with Gasteiger partial charge in [-0.25, -0.2) is 4.98 Å². The monoisotopic (exact) mass is 476 g/mol. The van der Waals surface area contributed by atoms with Crippen LogP contribution in [0.3, 0.4) is 0 Å². The van der Waals surface area contributed by atoms with Gasteiger partial charge in [0.05, 0.1) is 13.4 Å². The highest BCUT2D eigenvalue weighted by molar-refractivity contribution is 9.10. The fraction of sp³-hybridized carbons (Fsp3) is 0.120. The molecular weight excluding hydrogens is 456 g/mol. The van der Waals surface area contributed by atoms with Crippen molar-refractivity contribution in [3.8, 4) is 16.9 Å². The number of furan rings is 1. The average molecular weight is 477 g/mol. The lowest BCUT2D eigenvalue weighted by molar-refractivity contribution is -0.111. The Morgan fingerprint density at radius 1 is 1.19 bits per heavy atom. The molecule has 0 saturated heterocycles. The summed E-state index contributed by atoms with van der Waals surface area (Å²) in [7, 11) is 1.62. The molecule has 0 aliphatic heterocycles. The van der Waals surface area contributed by atoms with E-state index in [0.717, 1.165) is 43.3 Å². The summed E-state index contributed by atoms with van der Waals surface area (Å²) in [5.74, 6) is 0.930. The van der Waals surface area contributed by atoms with Crippen LogP contribution in [0.2, 0.25) is 0 Å². The summed E-state index contributed by atoms with van der Waals surface area (Å²) in [6.45, 7) is 3.85. The third kappa shape index (κ3) is 4.25. The Morgan fingerprint density at radius 2 is 2.03 bits per heavy atom. The van der Waals surface area contributed by atoms with E-state index in [1.54, 1.807) is 37.8 Å². The number of pyridine rings is 1. The predicted molar refractivity (Wildman–Crippen MR) is 127 cm³/mol. The van der Waals surface area contributed by atoms with E-state index in [9.17, 15) is 4.79 Å². The van der Waals surface area contributed by atoms with Crippen LogP contribution in [0.25, 0.3) is 27.7 Å². The van der Waals surface area contributed by atoms with Gasteiger partial charge in [0.1, 0.15) is 17.2 Å². The van der Waals surface area contributed by atoms with Crippen molar-refractivity contribution in [3.05, 3.63) is 82.7 Å². The van der Waals surface area contributed by atoms with E-state index >= 15 is 0 Å². The van der Waals surface area contributed by atoms with Gasteiger partial charge >= 0.3 is 0 Å². The summed E-state index contributed by atoms with van der Waals surface area (Å²) in [5, 5.41) is 3.74. The van der Waals surface area contributed by atoms with E-state index in [1.165, 1.54) is 0 Å². The number of allylic oxidation sites excluding steroid dienone is 1. The molecule has 156 valence electrons. The van der Waals surface area contributed by atoms with Crippen LogP contribution in [-0.2, 0) is 4.79 Å². The fourth-order valence-electron chi connectivity index (χ4n) is 3.62. The molecule has 1 amide bonds. The molecule has 0 fully saturated rings. The van der Waals surface area contributed by atoms with Crippen LogP contribution < -0.4 is 10.1 Å². The quantitative estimate of drug-likeness (QED) is 0.328. The van der Waals surface area contributed by atoms with Gasteiger partial charge in [0.2, 0.25) is 5.91 Å². The minimum atomic E-state index is -0.254. The molecular formula is C25H21BrN2O3. The SMILES string of the molecule is COc1c(/C(C)=C/C(=O)Nc2ccccn2)cc2c(-c3cccc(Br)c3)coc2c1C. The molecule has 4 rings (SSSR count). The molecule has 0 aliphatic carbocycles. The zero-order valence-corrected chi connectivity index (χ0v) is 19.0. The molecule has 2 aromatic carbocycles. The highest BCUT2D eigenvalue weighted by atomic mass is 79.9. The largest absolute Gasteiger partial charge is 0.496 e. The van der Waals surface area contributed by atoms with Gasteiger partial charge in [0.15, 0.2) is 0 Å². The first-order valence-corrected chi connectivity index (χ1v) is 10.5. The van der Waals surface area contributed by atoms with Crippen molar-refractivity contribution < 1.29 is 13.9 Å². The van der Waals surface area contributed by atoms with Crippen LogP contribution in [0, 0.1) is 6.92 Å². The summed E-state index contributed by atoms with van der Waals surface area (Å²) in [6.07, 6.45) is 4.95. The molecule has 0 spiro atoms. The first-order valence-electron chi connectivity index (χ1n) is 9.73. The Bertz CT molecular complexity index is 1290. The van der Waals surface area contributed by atoms with E-state index in [4.69, 9.17) is 9.15 Å². The van der Waals surface area contributed by atoms with Gasteiger partial charge in [-0.2, -0.15) is 0 Å². The molecule has 31 heavy (non-hydrogen) atoms. The second-order valence-corrected chi connectivity index (χ2v) is 8.07. The van der Waals surface area contributed by atoms with Crippen LogP contribution in [0.15, 0.2) is 76.0 Å². The fourth-order valence-corrected chi connectivity index (χ4v) is 4.02. The van der Waals surface area contributed by atoms with E-state index in [1.807, 2.05) is 50.2 Å². The topological polar surface area (TPSA) is 64.4 Å². The molecule has 2 heterocycles. The highest BCUT2D eigenvalue weighted by Gasteiger charge is 2.19. The number of ether oxygens (including phenoxy) is 1. The number of aromatic nitrogens is 1. The van der Waals surface area contributed by atoms with Crippen molar-refractivity contribution in [2.24, 2.45) is 0 Å². The number of nitrogens with one attached hydrogen (secondary N) is 1. The smallest absolute Gasteiger partial charge is 0.249 e. The summed E-state index contributed by atoms with van der Waals surface area (Å²) < 4.78 is 12.6. The van der Waals surface area contributed by atoms with Crippen LogP contribution in [-0.4, -0.2) is 18.0 Å². The number of hydrogen-bond acceptors (Lipinski definition) is 4. The second-order valence-electron chi connectivity index (χ2n) is 7.15. The summed E-state index contributed by atoms with van der Waals surface area (Å²) in [6, 6.07) is 15.4. The molecule has 0 unspecified atom stereocenters. The van der Waals surface area contributed by atoms with Crippen LogP contribution in [0.5, 0.6) is 5.75 Å². The van der Waals surface area contributed by atoms with Crippen molar-refractivity contribution in [2.45, 2.75) is 13.8 Å². The van der Waals surface area contributed by atoms with Gasteiger partial charge < -0.3 is 14.5 Å². The summed E-state index contributed by atoms with van der Waals surface area (Å²) in [5.41, 5.74) is 5.28. The standard InChI is InChI=1S/C25H21BrN2O3/c1-15(11-23(29)28-22-9-4-5-10-27-22)19-13-20-21(17-7-6-8-18(26)12-17)14-31-25(20)16(2)24(19)30-3/h4-14H,1-3H3,(H,27,28,29)/b15-11+. The van der Waals surface area contributed by atoms with E-state index in [-0.39, 0.29) is 5.91 Å². The number of fused-ring (bicyclic) bond motifs is 1. The molecule has 0 saturated carbocycles. The zero-order chi connectivity index (χ0) is 22.0. The van der Waals surface area contributed by atoms with Gasteiger partial charge in [-0.05, 0) is 55.3 Å². The summed E-state index contributed by atoms with van der Waals surface area (Å²) in [4.78, 5) is 16.7. The number of hydrogen-bond donors (Lipinski definition) is 1. The van der Waals surface area contributed by atoms with Crippen LogP contribution in [0.4, 0.5) is 5.82 Å². The van der Waals surface area contributed by atoms with Crippen molar-refractivity contribution in [1.82, 2.24) is 4.98 Å². The predicted octanol–water partition coefficient (Wildman–Crippen LogP) is 6.62. The molecule has 6 heteroatoms. The van der Waals surface area contributed by atoms with Gasteiger partial charge in [0.25, 0.3) is 0 Å². The van der Waals surface area contributed by atoms with Crippen molar-refractivity contribution in [1.29, 1.82) is 0 Å². The highest BCUT2D eigenvalue weighted by Crippen LogP contribution is 2.40. The van der Waals surface area contributed by atoms with Gasteiger partial charge in [-0.1, -0.05) is 34.1 Å². The Labute approximate surface area is 188 Å². The third-order valence-corrected chi connectivity index (χ3v) is 5.57. The number of benzene rings is 2. The zero-order valence-electron chi connectivity index (χ0n) is 17.4. The van der Waals surface area contributed by atoms with E-state index < -0.39 is 0 Å². The van der Waals surface area contributed by atoms with Crippen LogP contribution in [0.1, 0.15) is 18.1 Å². The minimum Gasteiger partial charge on any atom is -0.496 e. The number of methoxy groups -OCH3 is 1.